The van der Waals surface area contributed by atoms with Crippen LogP contribution in [0.25, 0.3) is 0 Å². The maximum Gasteiger partial charge on any atom is 0.401 e. The summed E-state index contributed by atoms with van der Waals surface area (Å²) in [6, 6.07) is 0.266. The molecular weight excluding hydrogens is 283 g/mol. The van der Waals surface area contributed by atoms with Crippen LogP contribution in [0.1, 0.15) is 32.1 Å². The quantitative estimate of drug-likeness (QED) is 0.861. The van der Waals surface area contributed by atoms with Gasteiger partial charge >= 0.3 is 6.18 Å². The fourth-order valence-electron chi connectivity index (χ4n) is 3.18. The lowest BCUT2D eigenvalue weighted by atomic mass is 9.84. The Labute approximate surface area is 123 Å². The zero-order valence-corrected chi connectivity index (χ0v) is 12.2. The summed E-state index contributed by atoms with van der Waals surface area (Å²) in [7, 11) is 0. The van der Waals surface area contributed by atoms with Crippen LogP contribution in [-0.2, 0) is 4.79 Å². The van der Waals surface area contributed by atoms with E-state index in [-0.39, 0.29) is 11.9 Å². The lowest BCUT2D eigenvalue weighted by Crippen LogP contribution is -2.51. The highest BCUT2D eigenvalue weighted by atomic mass is 19.4. The third-order valence-corrected chi connectivity index (χ3v) is 4.48. The molecule has 7 heteroatoms. The number of amides is 1. The highest BCUT2D eigenvalue weighted by molar-refractivity contribution is 5.76. The van der Waals surface area contributed by atoms with Gasteiger partial charge in [-0.15, -0.1) is 0 Å². The van der Waals surface area contributed by atoms with Crippen molar-refractivity contribution in [2.75, 3.05) is 32.7 Å². The predicted molar refractivity (Wildman–Crippen MR) is 73.6 cm³/mol. The molecule has 122 valence electrons. The molecule has 2 fully saturated rings. The van der Waals surface area contributed by atoms with E-state index in [2.05, 4.69) is 0 Å². The van der Waals surface area contributed by atoms with Gasteiger partial charge in [0.25, 0.3) is 0 Å². The second-order valence-electron chi connectivity index (χ2n) is 6.26. The van der Waals surface area contributed by atoms with E-state index in [1.165, 1.54) is 4.90 Å². The summed E-state index contributed by atoms with van der Waals surface area (Å²) < 4.78 is 36.9. The average Bonchev–Trinajstić information content (AvgIpc) is 2.40. The highest BCUT2D eigenvalue weighted by Gasteiger charge is 2.33. The van der Waals surface area contributed by atoms with Gasteiger partial charge in [-0.3, -0.25) is 9.69 Å². The SMILES string of the molecule is NC1CCC(CC(=O)N2CCN(CC(F)(F)F)CC2)CC1. The Bertz CT molecular complexity index is 346. The summed E-state index contributed by atoms with van der Waals surface area (Å²) in [5, 5.41) is 0. The molecular formula is C14H24F3N3O. The number of hydrogen-bond donors (Lipinski definition) is 1. The number of nitrogens with zero attached hydrogens (tertiary/aromatic N) is 2. The van der Waals surface area contributed by atoms with Gasteiger partial charge < -0.3 is 10.6 Å². The molecule has 2 N–H and O–H groups in total. The van der Waals surface area contributed by atoms with E-state index in [0.717, 1.165) is 25.7 Å². The zero-order chi connectivity index (χ0) is 15.5. The van der Waals surface area contributed by atoms with Gasteiger partial charge in [-0.25, -0.2) is 0 Å². The van der Waals surface area contributed by atoms with Gasteiger partial charge in [-0.1, -0.05) is 0 Å². The Morgan fingerprint density at radius 1 is 1.05 bits per heavy atom. The van der Waals surface area contributed by atoms with Gasteiger partial charge in [0.1, 0.15) is 0 Å². The Hall–Kier alpha value is -0.820. The molecule has 1 heterocycles. The molecule has 1 saturated carbocycles. The van der Waals surface area contributed by atoms with Gasteiger partial charge in [0.2, 0.25) is 5.91 Å². The van der Waals surface area contributed by atoms with E-state index >= 15 is 0 Å². The second kappa shape index (κ2) is 6.96. The van der Waals surface area contributed by atoms with Crippen LogP contribution >= 0.6 is 0 Å². The number of nitrogens with two attached hydrogens (primary N) is 1. The Balaban J connectivity index is 1.70. The predicted octanol–water partition coefficient (Wildman–Crippen LogP) is 1.60. The first-order chi connectivity index (χ1) is 9.83. The number of carbonyl (C=O) groups is 1. The number of piperazine rings is 1. The van der Waals surface area contributed by atoms with Crippen molar-refractivity contribution >= 4 is 5.91 Å². The number of hydrogen-bond acceptors (Lipinski definition) is 3. The molecule has 21 heavy (non-hydrogen) atoms. The van der Waals surface area contributed by atoms with Gasteiger partial charge in [0.05, 0.1) is 6.54 Å². The minimum Gasteiger partial charge on any atom is -0.340 e. The van der Waals surface area contributed by atoms with Crippen LogP contribution < -0.4 is 5.73 Å². The van der Waals surface area contributed by atoms with E-state index in [1.54, 1.807) is 4.90 Å². The smallest absolute Gasteiger partial charge is 0.340 e. The summed E-state index contributed by atoms with van der Waals surface area (Å²) in [4.78, 5) is 15.3. The van der Waals surface area contributed by atoms with Crippen molar-refractivity contribution in [1.29, 1.82) is 0 Å². The molecule has 0 aromatic heterocycles. The van der Waals surface area contributed by atoms with E-state index < -0.39 is 12.7 Å². The fourth-order valence-corrected chi connectivity index (χ4v) is 3.18. The summed E-state index contributed by atoms with van der Waals surface area (Å²) >= 11 is 0. The Kier molecular flexibility index (Phi) is 5.48. The maximum atomic E-state index is 12.3. The highest BCUT2D eigenvalue weighted by Crippen LogP contribution is 2.26. The second-order valence-corrected chi connectivity index (χ2v) is 6.26. The molecule has 4 nitrogen and oxygen atoms in total. The van der Waals surface area contributed by atoms with Crippen LogP contribution in [0.4, 0.5) is 13.2 Å². The van der Waals surface area contributed by atoms with Crippen molar-refractivity contribution in [2.45, 2.75) is 44.3 Å². The Morgan fingerprint density at radius 2 is 1.62 bits per heavy atom. The van der Waals surface area contributed by atoms with Gasteiger partial charge in [-0.05, 0) is 31.6 Å². The lowest BCUT2D eigenvalue weighted by molar-refractivity contribution is -0.152. The molecule has 0 unspecified atom stereocenters. The molecule has 0 aromatic rings. The third kappa shape index (κ3) is 5.47. The van der Waals surface area contributed by atoms with E-state index in [9.17, 15) is 18.0 Å². The minimum absolute atomic E-state index is 0.0853. The summed E-state index contributed by atoms with van der Waals surface area (Å²) in [5.74, 6) is 0.479. The van der Waals surface area contributed by atoms with Crippen molar-refractivity contribution in [2.24, 2.45) is 11.7 Å². The fraction of sp³-hybridized carbons (Fsp3) is 0.929. The van der Waals surface area contributed by atoms with Crippen molar-refractivity contribution in [3.8, 4) is 0 Å². The molecule has 1 aliphatic heterocycles. The van der Waals surface area contributed by atoms with E-state index in [0.29, 0.717) is 38.5 Å². The molecule has 0 bridgehead atoms. The largest absolute Gasteiger partial charge is 0.401 e. The first-order valence-corrected chi connectivity index (χ1v) is 7.66. The standard InChI is InChI=1S/C14H24F3N3O/c15-14(16,17)10-19-5-7-20(8-6-19)13(21)9-11-1-3-12(18)4-2-11/h11-12H,1-10,18H2. The molecule has 1 aliphatic carbocycles. The molecule has 2 aliphatic rings. The molecule has 0 aromatic carbocycles. The molecule has 1 amide bonds. The zero-order valence-electron chi connectivity index (χ0n) is 12.2. The average molecular weight is 307 g/mol. The lowest BCUT2D eigenvalue weighted by Gasteiger charge is -2.36. The van der Waals surface area contributed by atoms with Crippen molar-refractivity contribution in [3.05, 3.63) is 0 Å². The van der Waals surface area contributed by atoms with Crippen LogP contribution in [0.3, 0.4) is 0 Å². The minimum atomic E-state index is -4.16. The van der Waals surface area contributed by atoms with Crippen molar-refractivity contribution < 1.29 is 18.0 Å². The first kappa shape index (κ1) is 16.5. The van der Waals surface area contributed by atoms with Crippen LogP contribution in [-0.4, -0.2) is 60.6 Å². The van der Waals surface area contributed by atoms with E-state index in [1.807, 2.05) is 0 Å². The summed E-state index contributed by atoms with van der Waals surface area (Å²) in [6.45, 7) is 0.541. The summed E-state index contributed by atoms with van der Waals surface area (Å²) in [5.41, 5.74) is 5.84. The number of rotatable bonds is 3. The molecule has 0 atom stereocenters. The Morgan fingerprint density at radius 3 is 2.14 bits per heavy atom. The van der Waals surface area contributed by atoms with Gasteiger partial charge in [0, 0.05) is 38.6 Å². The molecule has 2 rings (SSSR count). The van der Waals surface area contributed by atoms with Gasteiger partial charge in [-0.2, -0.15) is 13.2 Å². The summed E-state index contributed by atoms with van der Waals surface area (Å²) in [6.07, 6.45) is 0.273. The first-order valence-electron chi connectivity index (χ1n) is 7.66. The molecule has 1 saturated heterocycles. The number of halogens is 3. The van der Waals surface area contributed by atoms with Crippen LogP contribution in [0, 0.1) is 5.92 Å². The monoisotopic (exact) mass is 307 g/mol. The normalized spacial score (nSPS) is 28.7. The number of alkyl halides is 3. The third-order valence-electron chi connectivity index (χ3n) is 4.48. The maximum absolute atomic E-state index is 12.3. The van der Waals surface area contributed by atoms with Crippen molar-refractivity contribution in [3.63, 3.8) is 0 Å². The molecule has 0 radical (unpaired) electrons. The van der Waals surface area contributed by atoms with Gasteiger partial charge in [0.15, 0.2) is 0 Å². The van der Waals surface area contributed by atoms with Crippen LogP contribution in [0.15, 0.2) is 0 Å². The van der Waals surface area contributed by atoms with Crippen LogP contribution in [0.2, 0.25) is 0 Å². The van der Waals surface area contributed by atoms with Crippen molar-refractivity contribution in [1.82, 2.24) is 9.80 Å². The number of carbonyl (C=O) groups excluding carboxylic acids is 1. The molecule has 0 spiro atoms. The topological polar surface area (TPSA) is 49.6 Å². The van der Waals surface area contributed by atoms with Crippen LogP contribution in [0.5, 0.6) is 0 Å². The van der Waals surface area contributed by atoms with E-state index in [4.69, 9.17) is 5.73 Å².